The summed E-state index contributed by atoms with van der Waals surface area (Å²) in [6.45, 7) is 1.50. The Balaban J connectivity index is 2.45. The second kappa shape index (κ2) is 3.63. The summed E-state index contributed by atoms with van der Waals surface area (Å²) in [6, 6.07) is -0.781. The highest BCUT2D eigenvalue weighted by molar-refractivity contribution is 7.91. The fraction of sp³-hybridized carbons (Fsp3) is 0.857. The first-order chi connectivity index (χ1) is 5.91. The van der Waals surface area contributed by atoms with Gasteiger partial charge < -0.3 is 15.2 Å². The highest BCUT2D eigenvalue weighted by Crippen LogP contribution is 2.07. The summed E-state index contributed by atoms with van der Waals surface area (Å²) < 4.78 is 22.0. The number of carbonyl (C=O) groups excluding carboxylic acids is 1. The standard InChI is InChI=1S/C7H13NO4S/c1-5(7(9)10)8-6-2-3-13(11,12)4-6/h5-6,8H,2-4H2,1H3,(H,9,10)/t5-,6-/m0/s1. The summed E-state index contributed by atoms with van der Waals surface area (Å²) in [6.07, 6.45) is 0.542. The molecule has 1 fully saturated rings. The zero-order chi connectivity index (χ0) is 10.1. The van der Waals surface area contributed by atoms with Crippen molar-refractivity contribution in [2.24, 2.45) is 0 Å². The Morgan fingerprint density at radius 2 is 2.23 bits per heavy atom. The van der Waals surface area contributed by atoms with E-state index in [0.717, 1.165) is 0 Å². The van der Waals surface area contributed by atoms with Crippen LogP contribution in [0, 0.1) is 0 Å². The first-order valence-corrected chi connectivity index (χ1v) is 5.99. The van der Waals surface area contributed by atoms with Gasteiger partial charge in [0.15, 0.2) is 9.84 Å². The summed E-state index contributed by atoms with van der Waals surface area (Å²) in [5.74, 6) is -0.886. The van der Waals surface area contributed by atoms with E-state index in [1.807, 2.05) is 0 Å². The highest BCUT2D eigenvalue weighted by Gasteiger charge is 2.31. The average Bonchev–Trinajstić information content (AvgIpc) is 2.30. The Labute approximate surface area is 77.1 Å². The molecule has 2 atom stereocenters. The highest BCUT2D eigenvalue weighted by atomic mass is 32.2. The topological polar surface area (TPSA) is 90.9 Å². The van der Waals surface area contributed by atoms with Crippen LogP contribution in [0.2, 0.25) is 0 Å². The number of rotatable bonds is 3. The number of sulfone groups is 1. The van der Waals surface area contributed by atoms with Crippen LogP contribution in [0.1, 0.15) is 13.3 Å². The minimum atomic E-state index is -2.91. The molecule has 2 N–H and O–H groups in total. The minimum absolute atomic E-state index is 0.0879. The molecular formula is C7H13NO4S. The zero-order valence-electron chi connectivity index (χ0n) is 7.39. The molecule has 0 unspecified atom stereocenters. The summed E-state index contributed by atoms with van der Waals surface area (Å²) in [7, 11) is -2.91. The van der Waals surface area contributed by atoms with Crippen molar-refractivity contribution in [2.75, 3.05) is 11.5 Å². The van der Waals surface area contributed by atoms with Gasteiger partial charge in [-0.05, 0) is 6.92 Å². The van der Waals surface area contributed by atoms with Gasteiger partial charge in [-0.25, -0.2) is 8.42 Å². The summed E-state index contributed by atoms with van der Waals surface area (Å²) >= 11 is 0. The molecule has 1 rings (SSSR count). The minimum Gasteiger partial charge on any atom is -0.544 e. The summed E-state index contributed by atoms with van der Waals surface area (Å²) in [4.78, 5) is 10.4. The van der Waals surface area contributed by atoms with Crippen molar-refractivity contribution >= 4 is 15.8 Å². The maximum Gasteiger partial charge on any atom is 0.156 e. The molecule has 0 radical (unpaired) electrons. The van der Waals surface area contributed by atoms with Gasteiger partial charge in [-0.2, -0.15) is 0 Å². The normalized spacial score (nSPS) is 28.5. The van der Waals surface area contributed by atoms with Crippen molar-refractivity contribution in [3.8, 4) is 0 Å². The monoisotopic (exact) mass is 207 g/mol. The lowest BCUT2D eigenvalue weighted by molar-refractivity contribution is -0.707. The second-order valence-electron chi connectivity index (χ2n) is 3.46. The predicted molar refractivity (Wildman–Crippen MR) is 43.5 cm³/mol. The number of quaternary nitrogens is 1. The van der Waals surface area contributed by atoms with E-state index in [-0.39, 0.29) is 17.5 Å². The van der Waals surface area contributed by atoms with E-state index in [1.165, 1.54) is 6.92 Å². The van der Waals surface area contributed by atoms with E-state index in [0.29, 0.717) is 6.42 Å². The lowest BCUT2D eigenvalue weighted by Gasteiger charge is -2.15. The van der Waals surface area contributed by atoms with Gasteiger partial charge in [0.05, 0.1) is 11.7 Å². The molecule has 76 valence electrons. The molecule has 0 aliphatic carbocycles. The van der Waals surface area contributed by atoms with Crippen molar-refractivity contribution in [3.63, 3.8) is 0 Å². The van der Waals surface area contributed by atoms with Gasteiger partial charge in [-0.15, -0.1) is 0 Å². The van der Waals surface area contributed by atoms with E-state index in [2.05, 4.69) is 0 Å². The third kappa shape index (κ3) is 2.96. The summed E-state index contributed by atoms with van der Waals surface area (Å²) in [5, 5.41) is 11.9. The third-order valence-corrected chi connectivity index (χ3v) is 3.99. The zero-order valence-corrected chi connectivity index (χ0v) is 8.21. The first kappa shape index (κ1) is 10.5. The Kier molecular flexibility index (Phi) is 2.92. The number of carbonyl (C=O) groups is 1. The van der Waals surface area contributed by atoms with Crippen LogP contribution in [0.4, 0.5) is 0 Å². The SMILES string of the molecule is C[C@H]([NH2+][C@H]1CCS(=O)(=O)C1)C(=O)[O-]. The van der Waals surface area contributed by atoms with Crippen LogP contribution < -0.4 is 10.4 Å². The Morgan fingerprint density at radius 3 is 2.62 bits per heavy atom. The number of carboxylic acid groups (broad SMARTS) is 1. The molecule has 13 heavy (non-hydrogen) atoms. The van der Waals surface area contributed by atoms with Gasteiger partial charge in [-0.3, -0.25) is 0 Å². The Hall–Kier alpha value is -0.620. The Morgan fingerprint density at radius 1 is 1.62 bits per heavy atom. The number of carboxylic acids is 1. The molecule has 0 aromatic carbocycles. The van der Waals surface area contributed by atoms with Crippen molar-refractivity contribution < 1.29 is 23.6 Å². The first-order valence-electron chi connectivity index (χ1n) is 4.17. The molecule has 1 aliphatic heterocycles. The van der Waals surface area contributed by atoms with Crippen LogP contribution in [0.3, 0.4) is 0 Å². The van der Waals surface area contributed by atoms with E-state index in [4.69, 9.17) is 0 Å². The molecule has 1 heterocycles. The lowest BCUT2D eigenvalue weighted by Crippen LogP contribution is -2.97. The fourth-order valence-corrected chi connectivity index (χ4v) is 3.22. The average molecular weight is 207 g/mol. The van der Waals surface area contributed by atoms with Crippen LogP contribution in [-0.2, 0) is 14.6 Å². The fourth-order valence-electron chi connectivity index (χ4n) is 1.46. The maximum atomic E-state index is 11.0. The molecule has 1 aliphatic rings. The number of hydrogen-bond donors (Lipinski definition) is 1. The molecule has 0 saturated carbocycles. The van der Waals surface area contributed by atoms with E-state index >= 15 is 0 Å². The van der Waals surface area contributed by atoms with Gasteiger partial charge >= 0.3 is 0 Å². The van der Waals surface area contributed by atoms with Crippen LogP contribution in [0.25, 0.3) is 0 Å². The van der Waals surface area contributed by atoms with Gasteiger partial charge in [0, 0.05) is 6.42 Å². The molecular weight excluding hydrogens is 194 g/mol. The van der Waals surface area contributed by atoms with Crippen LogP contribution in [0.5, 0.6) is 0 Å². The third-order valence-electron chi connectivity index (χ3n) is 2.20. The number of aliphatic carboxylic acids is 1. The smallest absolute Gasteiger partial charge is 0.156 e. The maximum absolute atomic E-state index is 11.0. The van der Waals surface area contributed by atoms with Crippen molar-refractivity contribution in [1.82, 2.24) is 0 Å². The lowest BCUT2D eigenvalue weighted by atomic mass is 10.2. The summed E-state index contributed by atoms with van der Waals surface area (Å²) in [5.41, 5.74) is 0. The van der Waals surface area contributed by atoms with Gasteiger partial charge in [0.2, 0.25) is 0 Å². The quantitative estimate of drug-likeness (QED) is 0.530. The van der Waals surface area contributed by atoms with Crippen LogP contribution >= 0.6 is 0 Å². The van der Waals surface area contributed by atoms with Crippen LogP contribution in [0.15, 0.2) is 0 Å². The van der Waals surface area contributed by atoms with Crippen molar-refractivity contribution in [1.29, 1.82) is 0 Å². The second-order valence-corrected chi connectivity index (χ2v) is 5.69. The molecule has 0 aromatic heterocycles. The van der Waals surface area contributed by atoms with E-state index in [1.54, 1.807) is 5.32 Å². The molecule has 0 amide bonds. The number of nitrogens with two attached hydrogens (primary N) is 1. The molecule has 0 bridgehead atoms. The van der Waals surface area contributed by atoms with Gasteiger partial charge in [0.25, 0.3) is 0 Å². The molecule has 1 saturated heterocycles. The van der Waals surface area contributed by atoms with Gasteiger partial charge in [0.1, 0.15) is 17.8 Å². The van der Waals surface area contributed by atoms with Crippen molar-refractivity contribution in [2.45, 2.75) is 25.4 Å². The molecule has 0 spiro atoms. The molecule has 5 nitrogen and oxygen atoms in total. The Bertz CT molecular complexity index is 298. The van der Waals surface area contributed by atoms with Crippen molar-refractivity contribution in [3.05, 3.63) is 0 Å². The largest absolute Gasteiger partial charge is 0.544 e. The van der Waals surface area contributed by atoms with E-state index < -0.39 is 21.8 Å². The van der Waals surface area contributed by atoms with E-state index in [9.17, 15) is 18.3 Å². The molecule has 6 heteroatoms. The van der Waals surface area contributed by atoms with Gasteiger partial charge in [-0.1, -0.05) is 0 Å². The number of hydrogen-bond acceptors (Lipinski definition) is 4. The predicted octanol–water partition coefficient (Wildman–Crippen LogP) is -3.12. The van der Waals surface area contributed by atoms with Crippen LogP contribution in [-0.4, -0.2) is 38.0 Å². The molecule has 0 aromatic rings.